The Morgan fingerprint density at radius 2 is 1.93 bits per heavy atom. The monoisotopic (exact) mass is 382 g/mol. The van der Waals surface area contributed by atoms with Crippen molar-refractivity contribution < 1.29 is 4.79 Å². The van der Waals surface area contributed by atoms with Crippen molar-refractivity contribution in [1.82, 2.24) is 14.7 Å². The van der Waals surface area contributed by atoms with E-state index in [1.807, 2.05) is 55.0 Å². The molecular formula is C24H22N4O. The van der Waals surface area contributed by atoms with Crippen molar-refractivity contribution in [2.45, 2.75) is 12.3 Å². The van der Waals surface area contributed by atoms with Crippen LogP contribution in [0, 0.1) is 0 Å². The molecule has 0 radical (unpaired) electrons. The van der Waals surface area contributed by atoms with E-state index in [2.05, 4.69) is 32.9 Å². The Bertz CT molecular complexity index is 1190. The molecule has 2 aromatic carbocycles. The van der Waals surface area contributed by atoms with Crippen molar-refractivity contribution in [3.05, 3.63) is 84.3 Å². The molecule has 3 N–H and O–H groups in total. The van der Waals surface area contributed by atoms with Gasteiger partial charge in [-0.2, -0.15) is 0 Å². The van der Waals surface area contributed by atoms with E-state index in [1.165, 1.54) is 11.1 Å². The molecule has 5 rings (SSSR count). The van der Waals surface area contributed by atoms with Gasteiger partial charge >= 0.3 is 0 Å². The molecule has 0 saturated carbocycles. The van der Waals surface area contributed by atoms with Crippen molar-refractivity contribution in [3.8, 4) is 22.4 Å². The molecule has 1 fully saturated rings. The molecule has 0 bridgehead atoms. The lowest BCUT2D eigenvalue weighted by Crippen LogP contribution is -2.12. The Morgan fingerprint density at radius 3 is 2.69 bits per heavy atom. The van der Waals surface area contributed by atoms with Gasteiger partial charge in [-0.3, -0.25) is 4.79 Å². The molecule has 5 nitrogen and oxygen atoms in total. The van der Waals surface area contributed by atoms with Gasteiger partial charge in [-0.15, -0.1) is 0 Å². The van der Waals surface area contributed by atoms with Crippen molar-refractivity contribution in [2.75, 3.05) is 13.1 Å². The van der Waals surface area contributed by atoms with Crippen LogP contribution in [0.4, 0.5) is 0 Å². The van der Waals surface area contributed by atoms with Gasteiger partial charge in [0.05, 0.1) is 17.5 Å². The lowest BCUT2D eigenvalue weighted by Gasteiger charge is -2.10. The number of carbonyl (C=O) groups is 1. The first-order valence-corrected chi connectivity index (χ1v) is 9.87. The van der Waals surface area contributed by atoms with E-state index in [9.17, 15) is 4.79 Å². The number of primary amides is 1. The van der Waals surface area contributed by atoms with Gasteiger partial charge in [0.25, 0.3) is 0 Å². The SMILES string of the molecule is NC(=O)c1ccc(-c2cc(C3CCNC3)c3ccncn23)cc1-c1ccccc1. The van der Waals surface area contributed by atoms with Crippen LogP contribution in [0.5, 0.6) is 0 Å². The Balaban J connectivity index is 1.70. The summed E-state index contributed by atoms with van der Waals surface area (Å²) in [4.78, 5) is 16.4. The maximum absolute atomic E-state index is 12.0. The lowest BCUT2D eigenvalue weighted by molar-refractivity contribution is 0.100. The highest BCUT2D eigenvalue weighted by Crippen LogP contribution is 2.35. The van der Waals surface area contributed by atoms with Crippen LogP contribution >= 0.6 is 0 Å². The van der Waals surface area contributed by atoms with Gasteiger partial charge in [0, 0.05) is 18.3 Å². The first-order valence-electron chi connectivity index (χ1n) is 9.87. The Hall–Kier alpha value is -3.44. The number of aromatic nitrogens is 2. The topological polar surface area (TPSA) is 72.4 Å². The average Bonchev–Trinajstić information content (AvgIpc) is 3.42. The van der Waals surface area contributed by atoms with E-state index in [1.54, 1.807) is 0 Å². The van der Waals surface area contributed by atoms with E-state index in [4.69, 9.17) is 5.73 Å². The number of amides is 1. The fourth-order valence-corrected chi connectivity index (χ4v) is 4.32. The maximum atomic E-state index is 12.0. The van der Waals surface area contributed by atoms with Crippen LogP contribution in [0.2, 0.25) is 0 Å². The quantitative estimate of drug-likeness (QED) is 0.563. The van der Waals surface area contributed by atoms with Crippen LogP contribution in [-0.4, -0.2) is 28.4 Å². The highest BCUT2D eigenvalue weighted by molar-refractivity contribution is 6.00. The third-order valence-electron chi connectivity index (χ3n) is 5.77. The first-order chi connectivity index (χ1) is 14.2. The Labute approximate surface area is 169 Å². The average molecular weight is 382 g/mol. The van der Waals surface area contributed by atoms with Crippen LogP contribution in [0.3, 0.4) is 0 Å². The van der Waals surface area contributed by atoms with Gasteiger partial charge in [-0.05, 0) is 65.4 Å². The molecule has 1 atom stereocenters. The molecule has 1 saturated heterocycles. The molecule has 4 aromatic rings. The van der Waals surface area contributed by atoms with Gasteiger partial charge in [-0.25, -0.2) is 4.98 Å². The van der Waals surface area contributed by atoms with E-state index in [0.29, 0.717) is 11.5 Å². The number of carbonyl (C=O) groups excluding carboxylic acids is 1. The summed E-state index contributed by atoms with van der Waals surface area (Å²) in [6.07, 6.45) is 4.84. The molecule has 1 amide bonds. The molecule has 1 aliphatic heterocycles. The molecule has 2 aromatic heterocycles. The number of rotatable bonds is 4. The van der Waals surface area contributed by atoms with Crippen molar-refractivity contribution in [3.63, 3.8) is 0 Å². The minimum atomic E-state index is -0.421. The molecule has 0 aliphatic carbocycles. The third-order valence-corrected chi connectivity index (χ3v) is 5.77. The second-order valence-corrected chi connectivity index (χ2v) is 7.50. The fourth-order valence-electron chi connectivity index (χ4n) is 4.32. The molecule has 1 aliphatic rings. The summed E-state index contributed by atoms with van der Waals surface area (Å²) >= 11 is 0. The predicted octanol–water partition coefficient (Wildman–Crippen LogP) is 3.84. The number of nitrogens with one attached hydrogen (secondary N) is 1. The number of nitrogens with two attached hydrogens (primary N) is 1. The second kappa shape index (κ2) is 7.18. The van der Waals surface area contributed by atoms with Crippen molar-refractivity contribution >= 4 is 11.4 Å². The molecule has 3 heterocycles. The number of hydrogen-bond acceptors (Lipinski definition) is 3. The molecule has 5 heteroatoms. The smallest absolute Gasteiger partial charge is 0.249 e. The summed E-state index contributed by atoms with van der Waals surface area (Å²) in [6.45, 7) is 2.05. The van der Waals surface area contributed by atoms with Gasteiger partial charge in [0.1, 0.15) is 0 Å². The fraction of sp³-hybridized carbons (Fsp3) is 0.167. The lowest BCUT2D eigenvalue weighted by atomic mass is 9.95. The van der Waals surface area contributed by atoms with E-state index in [-0.39, 0.29) is 0 Å². The van der Waals surface area contributed by atoms with E-state index >= 15 is 0 Å². The van der Waals surface area contributed by atoms with Gasteiger partial charge in [-0.1, -0.05) is 36.4 Å². The summed E-state index contributed by atoms with van der Waals surface area (Å²) in [6, 6.07) is 20.1. The van der Waals surface area contributed by atoms with Crippen molar-refractivity contribution in [2.24, 2.45) is 5.73 Å². The predicted molar refractivity (Wildman–Crippen MR) is 115 cm³/mol. The molecule has 1 unspecified atom stereocenters. The molecular weight excluding hydrogens is 360 g/mol. The molecule has 144 valence electrons. The van der Waals surface area contributed by atoms with Gasteiger partial charge in [0.15, 0.2) is 0 Å². The van der Waals surface area contributed by atoms with Crippen LogP contribution in [0.15, 0.2) is 73.2 Å². The zero-order valence-electron chi connectivity index (χ0n) is 16.0. The Kier molecular flexibility index (Phi) is 4.37. The highest BCUT2D eigenvalue weighted by atomic mass is 16.1. The zero-order valence-corrected chi connectivity index (χ0v) is 16.0. The highest BCUT2D eigenvalue weighted by Gasteiger charge is 2.22. The summed E-state index contributed by atoms with van der Waals surface area (Å²) in [7, 11) is 0. The third kappa shape index (κ3) is 3.09. The van der Waals surface area contributed by atoms with Gasteiger partial charge < -0.3 is 15.5 Å². The zero-order chi connectivity index (χ0) is 19.8. The van der Waals surface area contributed by atoms with Gasteiger partial charge in [0.2, 0.25) is 5.91 Å². The summed E-state index contributed by atoms with van der Waals surface area (Å²) in [5.74, 6) is 0.0782. The summed E-state index contributed by atoms with van der Waals surface area (Å²) in [5, 5.41) is 3.46. The minimum absolute atomic E-state index is 0.421. The second-order valence-electron chi connectivity index (χ2n) is 7.50. The summed E-state index contributed by atoms with van der Waals surface area (Å²) in [5.41, 5.74) is 12.6. The van der Waals surface area contributed by atoms with Crippen LogP contribution in [0.1, 0.15) is 28.3 Å². The molecule has 0 spiro atoms. The number of hydrogen-bond donors (Lipinski definition) is 2. The van der Waals surface area contributed by atoms with Crippen LogP contribution < -0.4 is 11.1 Å². The normalized spacial score (nSPS) is 16.3. The summed E-state index contributed by atoms with van der Waals surface area (Å²) < 4.78 is 2.14. The Morgan fingerprint density at radius 1 is 1.07 bits per heavy atom. The van der Waals surface area contributed by atoms with Crippen LogP contribution in [-0.2, 0) is 0 Å². The maximum Gasteiger partial charge on any atom is 0.249 e. The largest absolute Gasteiger partial charge is 0.366 e. The molecule has 29 heavy (non-hydrogen) atoms. The van der Waals surface area contributed by atoms with Crippen molar-refractivity contribution in [1.29, 1.82) is 0 Å². The van der Waals surface area contributed by atoms with Crippen LogP contribution in [0.25, 0.3) is 27.9 Å². The number of nitrogens with zero attached hydrogens (tertiary/aromatic N) is 2. The number of fused-ring (bicyclic) bond motifs is 1. The van der Waals surface area contributed by atoms with E-state index in [0.717, 1.165) is 41.9 Å². The standard InChI is InChI=1S/C24H22N4O/c25-24(29)19-7-6-17(12-20(19)16-4-2-1-3-5-16)23-13-21(18-8-10-26-14-18)22-9-11-27-15-28(22)23/h1-7,9,11-13,15,18,26H,8,10,14H2,(H2,25,29). The first kappa shape index (κ1) is 17.6. The number of benzene rings is 2. The van der Waals surface area contributed by atoms with E-state index < -0.39 is 5.91 Å². The minimum Gasteiger partial charge on any atom is -0.366 e.